The van der Waals surface area contributed by atoms with Gasteiger partial charge in [0.15, 0.2) is 4.80 Å². The topological polar surface area (TPSA) is 87.0 Å². The number of aromatic nitrogens is 1. The maximum atomic E-state index is 13.6. The summed E-state index contributed by atoms with van der Waals surface area (Å²) in [5.74, 6) is -1.06. The number of fused-ring (bicyclic) bond motifs is 1. The predicted molar refractivity (Wildman–Crippen MR) is 134 cm³/mol. The van der Waals surface area contributed by atoms with Crippen LogP contribution >= 0.6 is 11.3 Å². The van der Waals surface area contributed by atoms with Crippen LogP contribution in [0.3, 0.4) is 0 Å². The lowest BCUT2D eigenvalue weighted by molar-refractivity contribution is -0.138. The largest absolute Gasteiger partial charge is 0.465 e. The van der Waals surface area contributed by atoms with Gasteiger partial charge in [-0.2, -0.15) is 0 Å². The van der Waals surface area contributed by atoms with Gasteiger partial charge in [0.05, 0.1) is 34.5 Å². The average Bonchev–Trinajstić information content (AvgIpc) is 3.16. The van der Waals surface area contributed by atoms with E-state index in [0.29, 0.717) is 26.2 Å². The number of benzene rings is 2. The lowest BCUT2D eigenvalue weighted by Crippen LogP contribution is -2.40. The van der Waals surface area contributed by atoms with Crippen LogP contribution in [-0.2, 0) is 14.3 Å². The molecule has 7 nitrogen and oxygen atoms in total. The van der Waals surface area contributed by atoms with Crippen LogP contribution < -0.4 is 14.9 Å². The summed E-state index contributed by atoms with van der Waals surface area (Å²) >= 11 is 1.26. The molecule has 2 aromatic carbocycles. The van der Waals surface area contributed by atoms with Crippen molar-refractivity contribution < 1.29 is 19.1 Å². The summed E-state index contributed by atoms with van der Waals surface area (Å²) in [6.07, 6.45) is 3.29. The molecule has 0 N–H and O–H groups in total. The molecule has 1 aliphatic heterocycles. The standard InChI is InChI=1S/C27H24N2O5S/c1-5-14-34-26(32)22-17(3)28-27-29(23(22)19-10-12-20(13-11-19)25(31)33-4)24(30)21(35-27)15-18-8-6-16(2)7-9-18/h5-13,15,23H,1,14H2,2-4H3. The minimum atomic E-state index is -0.768. The van der Waals surface area contributed by atoms with Crippen LogP contribution in [0.1, 0.15) is 40.0 Å². The minimum absolute atomic E-state index is 0.0292. The fraction of sp³-hybridized carbons (Fsp3) is 0.185. The third-order valence-corrected chi connectivity index (χ3v) is 6.58. The molecule has 2 heterocycles. The highest BCUT2D eigenvalue weighted by molar-refractivity contribution is 7.07. The van der Waals surface area contributed by atoms with Crippen molar-refractivity contribution in [1.82, 2.24) is 4.57 Å². The summed E-state index contributed by atoms with van der Waals surface area (Å²) < 4.78 is 12.1. The molecule has 0 saturated heterocycles. The number of allylic oxidation sites excluding steroid dienone is 1. The Balaban J connectivity index is 1.90. The number of carbonyl (C=O) groups is 2. The monoisotopic (exact) mass is 488 g/mol. The Morgan fingerprint density at radius 1 is 1.09 bits per heavy atom. The maximum Gasteiger partial charge on any atom is 0.338 e. The van der Waals surface area contributed by atoms with Crippen molar-refractivity contribution in [3.05, 3.63) is 114 Å². The van der Waals surface area contributed by atoms with E-state index in [4.69, 9.17) is 9.47 Å². The first-order valence-corrected chi connectivity index (χ1v) is 11.7. The molecule has 0 spiro atoms. The Labute approximate surface area is 206 Å². The highest BCUT2D eigenvalue weighted by atomic mass is 32.1. The molecule has 0 aliphatic carbocycles. The predicted octanol–water partition coefficient (Wildman–Crippen LogP) is 3.06. The molecule has 1 atom stereocenters. The number of esters is 2. The number of carbonyl (C=O) groups excluding carboxylic acids is 2. The first-order chi connectivity index (χ1) is 16.8. The van der Waals surface area contributed by atoms with Gasteiger partial charge in [0, 0.05) is 0 Å². The average molecular weight is 489 g/mol. The SMILES string of the molecule is C=CCOC(=O)C1=C(C)N=c2sc(=Cc3ccc(C)cc3)c(=O)n2C1c1ccc(C(=O)OC)cc1. The normalized spacial score (nSPS) is 15.3. The molecule has 0 fully saturated rings. The van der Waals surface area contributed by atoms with Gasteiger partial charge in [-0.05, 0) is 43.2 Å². The van der Waals surface area contributed by atoms with Gasteiger partial charge in [-0.25, -0.2) is 14.6 Å². The highest BCUT2D eigenvalue weighted by Crippen LogP contribution is 2.31. The molecule has 0 saturated carbocycles. The first kappa shape index (κ1) is 24.1. The summed E-state index contributed by atoms with van der Waals surface area (Å²) in [7, 11) is 1.31. The fourth-order valence-electron chi connectivity index (χ4n) is 3.84. The molecule has 178 valence electrons. The molecule has 1 unspecified atom stereocenters. The Morgan fingerprint density at radius 2 is 1.77 bits per heavy atom. The van der Waals surface area contributed by atoms with Crippen LogP contribution in [0.15, 0.2) is 82.2 Å². The Bertz CT molecular complexity index is 1510. The number of hydrogen-bond acceptors (Lipinski definition) is 7. The fourth-order valence-corrected chi connectivity index (χ4v) is 4.89. The summed E-state index contributed by atoms with van der Waals surface area (Å²) in [4.78, 5) is 43.6. The molecule has 1 aromatic heterocycles. The van der Waals surface area contributed by atoms with E-state index in [0.717, 1.165) is 11.1 Å². The van der Waals surface area contributed by atoms with Crippen molar-refractivity contribution in [3.63, 3.8) is 0 Å². The number of methoxy groups -OCH3 is 1. The lowest BCUT2D eigenvalue weighted by atomic mass is 9.95. The lowest BCUT2D eigenvalue weighted by Gasteiger charge is -2.24. The molecule has 35 heavy (non-hydrogen) atoms. The van der Waals surface area contributed by atoms with E-state index < -0.39 is 18.0 Å². The summed E-state index contributed by atoms with van der Waals surface area (Å²) in [6.45, 7) is 7.34. The molecular formula is C27H24N2O5S. The van der Waals surface area contributed by atoms with Crippen LogP contribution in [0.25, 0.3) is 6.08 Å². The van der Waals surface area contributed by atoms with Gasteiger partial charge in [-0.3, -0.25) is 9.36 Å². The molecule has 0 amide bonds. The van der Waals surface area contributed by atoms with Crippen LogP contribution in [0.5, 0.6) is 0 Å². The Hall–Kier alpha value is -4.04. The van der Waals surface area contributed by atoms with Gasteiger partial charge in [0.2, 0.25) is 0 Å². The summed E-state index contributed by atoms with van der Waals surface area (Å²) in [5, 5.41) is 0. The number of ether oxygens (including phenoxy) is 2. The minimum Gasteiger partial charge on any atom is -0.465 e. The number of rotatable bonds is 6. The van der Waals surface area contributed by atoms with E-state index in [-0.39, 0.29) is 17.7 Å². The van der Waals surface area contributed by atoms with Gasteiger partial charge in [0.1, 0.15) is 6.61 Å². The number of nitrogens with zero attached hydrogens (tertiary/aromatic N) is 2. The van der Waals surface area contributed by atoms with Crippen molar-refractivity contribution >= 4 is 29.4 Å². The summed E-state index contributed by atoms with van der Waals surface area (Å²) in [5.41, 5.74) is 3.47. The molecular weight excluding hydrogens is 464 g/mol. The second-order valence-corrected chi connectivity index (χ2v) is 9.00. The molecule has 4 rings (SSSR count). The molecule has 1 aliphatic rings. The van der Waals surface area contributed by atoms with Crippen molar-refractivity contribution in [2.24, 2.45) is 4.99 Å². The van der Waals surface area contributed by atoms with Gasteiger partial charge in [-0.1, -0.05) is 66.0 Å². The van der Waals surface area contributed by atoms with Gasteiger partial charge >= 0.3 is 11.9 Å². The molecule has 3 aromatic rings. The third kappa shape index (κ3) is 4.79. The van der Waals surface area contributed by atoms with E-state index in [1.807, 2.05) is 37.3 Å². The zero-order valence-electron chi connectivity index (χ0n) is 19.6. The van der Waals surface area contributed by atoms with E-state index in [1.165, 1.54) is 29.1 Å². The maximum absolute atomic E-state index is 13.6. The van der Waals surface area contributed by atoms with Crippen molar-refractivity contribution in [3.8, 4) is 0 Å². The molecule has 0 radical (unpaired) electrons. The van der Waals surface area contributed by atoms with E-state index >= 15 is 0 Å². The van der Waals surface area contributed by atoms with E-state index in [2.05, 4.69) is 11.6 Å². The number of aryl methyl sites for hydroxylation is 1. The van der Waals surface area contributed by atoms with Crippen LogP contribution in [0.4, 0.5) is 0 Å². The Kier molecular flexibility index (Phi) is 6.93. The number of hydrogen-bond donors (Lipinski definition) is 0. The second-order valence-electron chi connectivity index (χ2n) is 7.99. The first-order valence-electron chi connectivity index (χ1n) is 10.9. The smallest absolute Gasteiger partial charge is 0.338 e. The van der Waals surface area contributed by atoms with Gasteiger partial charge in [0.25, 0.3) is 5.56 Å². The van der Waals surface area contributed by atoms with Gasteiger partial charge < -0.3 is 9.47 Å². The van der Waals surface area contributed by atoms with Crippen LogP contribution in [0.2, 0.25) is 0 Å². The van der Waals surface area contributed by atoms with Gasteiger partial charge in [-0.15, -0.1) is 0 Å². The summed E-state index contributed by atoms with van der Waals surface area (Å²) in [6, 6.07) is 13.7. The highest BCUT2D eigenvalue weighted by Gasteiger charge is 2.33. The zero-order valence-corrected chi connectivity index (χ0v) is 20.4. The molecule has 0 bridgehead atoms. The quantitative estimate of drug-likeness (QED) is 0.393. The molecule has 8 heteroatoms. The van der Waals surface area contributed by atoms with Crippen LogP contribution in [-0.4, -0.2) is 30.2 Å². The zero-order chi connectivity index (χ0) is 25.1. The third-order valence-electron chi connectivity index (χ3n) is 5.60. The van der Waals surface area contributed by atoms with Crippen LogP contribution in [0, 0.1) is 6.92 Å². The number of thiazole rings is 1. The second kappa shape index (κ2) is 10.1. The Morgan fingerprint density at radius 3 is 2.40 bits per heavy atom. The van der Waals surface area contributed by atoms with E-state index in [1.54, 1.807) is 31.2 Å². The van der Waals surface area contributed by atoms with E-state index in [9.17, 15) is 14.4 Å². The van der Waals surface area contributed by atoms with Crippen molar-refractivity contribution in [2.75, 3.05) is 13.7 Å². The van der Waals surface area contributed by atoms with Crippen molar-refractivity contribution in [1.29, 1.82) is 0 Å². The van der Waals surface area contributed by atoms with Crippen molar-refractivity contribution in [2.45, 2.75) is 19.9 Å².